The molecule has 1 N–H and O–H groups in total. The lowest BCUT2D eigenvalue weighted by Crippen LogP contribution is -2.71. The van der Waals surface area contributed by atoms with Crippen LogP contribution in [0.2, 0.25) is 0 Å². The average Bonchev–Trinajstić information content (AvgIpc) is 2.43. The van der Waals surface area contributed by atoms with Crippen LogP contribution in [0.15, 0.2) is 0 Å². The minimum atomic E-state index is -0.613. The van der Waals surface area contributed by atoms with Gasteiger partial charge in [0.25, 0.3) is 0 Å². The molecule has 0 aromatic heterocycles. The first kappa shape index (κ1) is 17.9. The monoisotopic (exact) mass is 287 g/mol. The Balaban J connectivity index is 3.31. The van der Waals surface area contributed by atoms with Crippen LogP contribution >= 0.6 is 0 Å². The fourth-order valence-corrected chi connectivity index (χ4v) is 3.65. The van der Waals surface area contributed by atoms with Crippen molar-refractivity contribution in [1.29, 1.82) is 0 Å². The van der Waals surface area contributed by atoms with Gasteiger partial charge < -0.3 is 14.7 Å². The maximum atomic E-state index is 10.8. The molecule has 1 saturated heterocycles. The number of ether oxygens (including phenoxy) is 2. The number of hydrogen-bond acceptors (Lipinski definition) is 4. The summed E-state index contributed by atoms with van der Waals surface area (Å²) in [4.78, 5) is 0. The molecule has 4 nitrogen and oxygen atoms in total. The van der Waals surface area contributed by atoms with Crippen LogP contribution in [0.1, 0.15) is 67.7 Å². The molecule has 1 heterocycles. The van der Waals surface area contributed by atoms with Gasteiger partial charge in [0.05, 0.1) is 5.54 Å². The molecule has 0 bridgehead atoms. The van der Waals surface area contributed by atoms with Crippen molar-refractivity contribution in [2.45, 2.75) is 84.6 Å². The normalized spacial score (nSPS) is 38.1. The van der Waals surface area contributed by atoms with Gasteiger partial charge in [-0.3, -0.25) is 0 Å². The molecule has 3 atom stereocenters. The minimum absolute atomic E-state index is 0.0875. The first-order valence-electron chi connectivity index (χ1n) is 8.03. The molecule has 120 valence electrons. The lowest BCUT2D eigenvalue weighted by atomic mass is 9.67. The highest BCUT2D eigenvalue weighted by Gasteiger charge is 2.60. The van der Waals surface area contributed by atoms with E-state index >= 15 is 0 Å². The lowest BCUT2D eigenvalue weighted by molar-refractivity contribution is -0.373. The van der Waals surface area contributed by atoms with Gasteiger partial charge in [0.1, 0.15) is 0 Å². The Kier molecular flexibility index (Phi) is 5.64. The van der Waals surface area contributed by atoms with E-state index in [0.29, 0.717) is 19.6 Å². The van der Waals surface area contributed by atoms with Crippen LogP contribution in [0.4, 0.5) is 0 Å². The zero-order chi connectivity index (χ0) is 15.6. The number of rotatable bonds is 6. The van der Waals surface area contributed by atoms with Gasteiger partial charge in [-0.15, -0.1) is 0 Å². The smallest absolute Gasteiger partial charge is 0.174 e. The highest BCUT2D eigenvalue weighted by atomic mass is 16.7. The van der Waals surface area contributed by atoms with Crippen molar-refractivity contribution in [3.8, 4) is 0 Å². The van der Waals surface area contributed by atoms with Crippen molar-refractivity contribution in [3.05, 3.63) is 0 Å². The van der Waals surface area contributed by atoms with E-state index in [2.05, 4.69) is 34.6 Å². The quantitative estimate of drug-likeness (QED) is 0.754. The Morgan fingerprint density at radius 2 is 1.55 bits per heavy atom. The third-order valence-electron chi connectivity index (χ3n) is 5.47. The second-order valence-corrected chi connectivity index (χ2v) is 6.45. The van der Waals surface area contributed by atoms with Gasteiger partial charge in [0, 0.05) is 31.1 Å². The SMILES string of the molecule is CCOC1(OCC)CC(C)(CC)N(O)C(C)(CC)C1C. The van der Waals surface area contributed by atoms with Crippen LogP contribution in [0.25, 0.3) is 0 Å². The van der Waals surface area contributed by atoms with Gasteiger partial charge in [-0.25, -0.2) is 0 Å². The van der Waals surface area contributed by atoms with E-state index in [9.17, 15) is 5.21 Å². The zero-order valence-electron chi connectivity index (χ0n) is 14.3. The molecule has 0 amide bonds. The molecule has 3 unspecified atom stereocenters. The van der Waals surface area contributed by atoms with Gasteiger partial charge in [-0.1, -0.05) is 20.8 Å². The third kappa shape index (κ3) is 2.63. The summed E-state index contributed by atoms with van der Waals surface area (Å²) in [6.45, 7) is 15.8. The second kappa shape index (κ2) is 6.30. The van der Waals surface area contributed by atoms with Crippen LogP contribution in [0.5, 0.6) is 0 Å². The van der Waals surface area contributed by atoms with Crippen molar-refractivity contribution in [1.82, 2.24) is 5.06 Å². The van der Waals surface area contributed by atoms with Gasteiger partial charge >= 0.3 is 0 Å². The molecule has 1 fully saturated rings. The standard InChI is InChI=1S/C16H33NO3/c1-8-14(6)12-16(19-10-3,20-11-4)13(5)15(7,9-2)17(14)18/h13,18H,8-12H2,1-7H3. The summed E-state index contributed by atoms with van der Waals surface area (Å²) in [6.07, 6.45) is 2.39. The largest absolute Gasteiger partial charge is 0.350 e. The van der Waals surface area contributed by atoms with Crippen LogP contribution in [0.3, 0.4) is 0 Å². The molecule has 0 aromatic rings. The summed E-state index contributed by atoms with van der Waals surface area (Å²) >= 11 is 0. The average molecular weight is 287 g/mol. The fraction of sp³-hybridized carbons (Fsp3) is 1.00. The first-order valence-corrected chi connectivity index (χ1v) is 8.03. The van der Waals surface area contributed by atoms with E-state index in [0.717, 1.165) is 12.8 Å². The van der Waals surface area contributed by atoms with E-state index in [1.807, 2.05) is 13.8 Å². The topological polar surface area (TPSA) is 41.9 Å². The number of nitrogens with zero attached hydrogens (tertiary/aromatic N) is 1. The molecule has 1 aliphatic rings. The molecule has 0 spiro atoms. The Bertz CT molecular complexity index is 317. The van der Waals surface area contributed by atoms with Crippen molar-refractivity contribution in [3.63, 3.8) is 0 Å². The maximum Gasteiger partial charge on any atom is 0.174 e. The van der Waals surface area contributed by atoms with Crippen LogP contribution in [0, 0.1) is 5.92 Å². The van der Waals surface area contributed by atoms with Gasteiger partial charge in [-0.2, -0.15) is 5.06 Å². The molecule has 4 heteroatoms. The Morgan fingerprint density at radius 1 is 1.05 bits per heavy atom. The Labute approximate surface area is 124 Å². The summed E-state index contributed by atoms with van der Waals surface area (Å²) in [6, 6.07) is 0. The second-order valence-electron chi connectivity index (χ2n) is 6.45. The first-order chi connectivity index (χ1) is 9.26. The molecule has 0 aliphatic carbocycles. The molecule has 20 heavy (non-hydrogen) atoms. The predicted octanol–water partition coefficient (Wildman–Crippen LogP) is 3.82. The molecular weight excluding hydrogens is 254 g/mol. The highest BCUT2D eigenvalue weighted by molar-refractivity contribution is 5.07. The van der Waals surface area contributed by atoms with Gasteiger partial charge in [0.2, 0.25) is 0 Å². The summed E-state index contributed by atoms with van der Waals surface area (Å²) in [5, 5.41) is 12.4. The Hall–Kier alpha value is -0.160. The fourth-order valence-electron chi connectivity index (χ4n) is 3.65. The maximum absolute atomic E-state index is 10.8. The summed E-state index contributed by atoms with van der Waals surface area (Å²) < 4.78 is 12.2. The molecule has 1 aliphatic heterocycles. The number of hydrogen-bond donors (Lipinski definition) is 1. The van der Waals surface area contributed by atoms with E-state index in [4.69, 9.17) is 9.47 Å². The molecule has 0 radical (unpaired) electrons. The van der Waals surface area contributed by atoms with Gasteiger partial charge in [0.15, 0.2) is 5.79 Å². The van der Waals surface area contributed by atoms with Crippen molar-refractivity contribution >= 4 is 0 Å². The summed E-state index contributed by atoms with van der Waals surface area (Å²) in [5.74, 6) is -0.525. The highest BCUT2D eigenvalue weighted by Crippen LogP contribution is 2.51. The predicted molar refractivity (Wildman–Crippen MR) is 80.8 cm³/mol. The van der Waals surface area contributed by atoms with Crippen LogP contribution in [-0.4, -0.2) is 40.3 Å². The van der Waals surface area contributed by atoms with Crippen molar-refractivity contribution < 1.29 is 14.7 Å². The van der Waals surface area contributed by atoms with E-state index in [1.165, 1.54) is 0 Å². The number of hydroxylamine groups is 2. The molecular formula is C16H33NO3. The number of piperidine rings is 1. The van der Waals surface area contributed by atoms with E-state index < -0.39 is 5.79 Å². The zero-order valence-corrected chi connectivity index (χ0v) is 14.3. The molecule has 0 saturated carbocycles. The van der Waals surface area contributed by atoms with Crippen molar-refractivity contribution in [2.24, 2.45) is 5.92 Å². The van der Waals surface area contributed by atoms with E-state index in [-0.39, 0.29) is 17.0 Å². The molecule has 1 rings (SSSR count). The van der Waals surface area contributed by atoms with Gasteiger partial charge in [-0.05, 0) is 40.5 Å². The Morgan fingerprint density at radius 3 is 1.90 bits per heavy atom. The van der Waals surface area contributed by atoms with Crippen LogP contribution in [-0.2, 0) is 9.47 Å². The summed E-state index contributed by atoms with van der Waals surface area (Å²) in [7, 11) is 0. The summed E-state index contributed by atoms with van der Waals surface area (Å²) in [5.41, 5.74) is -0.686. The minimum Gasteiger partial charge on any atom is -0.350 e. The van der Waals surface area contributed by atoms with Crippen LogP contribution < -0.4 is 0 Å². The third-order valence-corrected chi connectivity index (χ3v) is 5.47. The van der Waals surface area contributed by atoms with E-state index in [1.54, 1.807) is 5.06 Å². The lowest BCUT2D eigenvalue weighted by Gasteiger charge is -2.61. The van der Waals surface area contributed by atoms with Crippen molar-refractivity contribution in [2.75, 3.05) is 13.2 Å². The molecule has 0 aromatic carbocycles.